The van der Waals surface area contributed by atoms with Crippen LogP contribution >= 0.6 is 0 Å². The van der Waals surface area contributed by atoms with Crippen molar-refractivity contribution in [3.05, 3.63) is 42.6 Å². The van der Waals surface area contributed by atoms with Crippen LogP contribution in [0.1, 0.15) is 25.7 Å². The number of hydrogen-bond donors (Lipinski definition) is 1. The number of rotatable bonds is 6. The van der Waals surface area contributed by atoms with Crippen molar-refractivity contribution in [1.29, 1.82) is 0 Å². The lowest BCUT2D eigenvalue weighted by Crippen LogP contribution is -2.31. The van der Waals surface area contributed by atoms with E-state index in [1.165, 1.54) is 32.4 Å². The highest BCUT2D eigenvalue weighted by Gasteiger charge is 2.11. The zero-order valence-electron chi connectivity index (χ0n) is 14.8. The normalized spacial score (nSPS) is 15.4. The molecule has 0 atom stereocenters. The third-order valence-electron chi connectivity index (χ3n) is 4.80. The molecule has 0 spiro atoms. The van der Waals surface area contributed by atoms with E-state index >= 15 is 0 Å². The van der Waals surface area contributed by atoms with E-state index in [2.05, 4.69) is 15.0 Å². The molecule has 3 heterocycles. The number of fused-ring (bicyclic) bond motifs is 1. The van der Waals surface area contributed by atoms with Gasteiger partial charge in [-0.15, -0.1) is 5.10 Å². The molecule has 0 radical (unpaired) electrons. The molecule has 6 heteroatoms. The first-order valence-corrected chi connectivity index (χ1v) is 9.29. The summed E-state index contributed by atoms with van der Waals surface area (Å²) in [5.74, 6) is 0.818. The Labute approximate surface area is 153 Å². The number of benzene rings is 1. The SMILES string of the molecule is Oc1cccc(-c2cnc3ccc(OCCCN4CCCCC4)nn23)c1. The minimum Gasteiger partial charge on any atom is -0.508 e. The predicted molar refractivity (Wildman–Crippen MR) is 100 cm³/mol. The topological polar surface area (TPSA) is 62.9 Å². The van der Waals surface area contributed by atoms with Crippen LogP contribution in [0.3, 0.4) is 0 Å². The van der Waals surface area contributed by atoms with Crippen molar-refractivity contribution >= 4 is 5.65 Å². The third-order valence-corrected chi connectivity index (χ3v) is 4.80. The van der Waals surface area contributed by atoms with Gasteiger partial charge < -0.3 is 14.7 Å². The lowest BCUT2D eigenvalue weighted by molar-refractivity contribution is 0.202. The molecule has 0 saturated carbocycles. The Balaban J connectivity index is 1.42. The number of phenolic OH excluding ortho intramolecular Hbond substituents is 1. The standard InChI is InChI=1S/C20H24N4O2/c25-17-7-4-6-16(14-17)18-15-21-19-8-9-20(22-24(18)19)26-13-5-12-23-10-2-1-3-11-23/h4,6-9,14-15,25H,1-3,5,10-13H2. The third kappa shape index (κ3) is 3.80. The van der Waals surface area contributed by atoms with Crippen LogP contribution in [0, 0.1) is 0 Å². The molecule has 1 N–H and O–H groups in total. The minimum absolute atomic E-state index is 0.225. The summed E-state index contributed by atoms with van der Waals surface area (Å²) in [6, 6.07) is 10.9. The first kappa shape index (κ1) is 16.8. The molecule has 0 amide bonds. The van der Waals surface area contributed by atoms with Crippen LogP contribution in [0.4, 0.5) is 0 Å². The molecule has 136 valence electrons. The predicted octanol–water partition coefficient (Wildman–Crippen LogP) is 3.36. The number of hydrogen-bond acceptors (Lipinski definition) is 5. The van der Waals surface area contributed by atoms with Crippen LogP contribution in [-0.2, 0) is 0 Å². The van der Waals surface area contributed by atoms with Gasteiger partial charge in [0.25, 0.3) is 0 Å². The minimum atomic E-state index is 0.225. The molecule has 2 aromatic heterocycles. The van der Waals surface area contributed by atoms with Crippen molar-refractivity contribution in [2.24, 2.45) is 0 Å². The molecule has 6 nitrogen and oxygen atoms in total. The van der Waals surface area contributed by atoms with Gasteiger partial charge in [0.15, 0.2) is 5.65 Å². The summed E-state index contributed by atoms with van der Waals surface area (Å²) < 4.78 is 7.61. The smallest absolute Gasteiger partial charge is 0.231 e. The van der Waals surface area contributed by atoms with E-state index < -0.39 is 0 Å². The van der Waals surface area contributed by atoms with Gasteiger partial charge in [-0.2, -0.15) is 0 Å². The molecular weight excluding hydrogens is 328 g/mol. The van der Waals surface area contributed by atoms with Crippen LogP contribution in [0.5, 0.6) is 11.6 Å². The molecule has 0 unspecified atom stereocenters. The van der Waals surface area contributed by atoms with Gasteiger partial charge in [-0.3, -0.25) is 0 Å². The zero-order valence-corrected chi connectivity index (χ0v) is 14.8. The number of ether oxygens (including phenoxy) is 1. The van der Waals surface area contributed by atoms with Crippen molar-refractivity contribution in [2.75, 3.05) is 26.2 Å². The molecule has 1 aliphatic heterocycles. The van der Waals surface area contributed by atoms with Gasteiger partial charge in [-0.05, 0) is 50.6 Å². The van der Waals surface area contributed by atoms with Gasteiger partial charge >= 0.3 is 0 Å². The van der Waals surface area contributed by atoms with Crippen molar-refractivity contribution in [3.8, 4) is 22.9 Å². The second kappa shape index (κ2) is 7.74. The molecule has 1 aromatic carbocycles. The van der Waals surface area contributed by atoms with E-state index in [0.29, 0.717) is 12.5 Å². The van der Waals surface area contributed by atoms with E-state index in [1.54, 1.807) is 22.8 Å². The summed E-state index contributed by atoms with van der Waals surface area (Å²) in [4.78, 5) is 6.89. The lowest BCUT2D eigenvalue weighted by Gasteiger charge is -2.26. The van der Waals surface area contributed by atoms with Crippen LogP contribution in [0.15, 0.2) is 42.6 Å². The summed E-state index contributed by atoms with van der Waals surface area (Å²) in [6.07, 6.45) is 6.76. The Bertz CT molecular complexity index is 871. The fourth-order valence-corrected chi connectivity index (χ4v) is 3.44. The zero-order chi connectivity index (χ0) is 17.8. The number of imidazole rings is 1. The van der Waals surface area contributed by atoms with Crippen LogP contribution in [-0.4, -0.2) is 50.8 Å². The molecule has 1 fully saturated rings. The van der Waals surface area contributed by atoms with Crippen LogP contribution in [0.25, 0.3) is 16.9 Å². The number of aromatic hydroxyl groups is 1. The van der Waals surface area contributed by atoms with E-state index in [1.807, 2.05) is 24.3 Å². The van der Waals surface area contributed by atoms with Gasteiger partial charge in [0.1, 0.15) is 5.75 Å². The van der Waals surface area contributed by atoms with E-state index in [9.17, 15) is 5.11 Å². The Hall–Kier alpha value is -2.60. The number of phenols is 1. The molecule has 0 aliphatic carbocycles. The number of nitrogens with zero attached hydrogens (tertiary/aromatic N) is 4. The number of aromatic nitrogens is 3. The average molecular weight is 352 g/mol. The molecule has 3 aromatic rings. The van der Waals surface area contributed by atoms with Crippen molar-refractivity contribution in [3.63, 3.8) is 0 Å². The second-order valence-electron chi connectivity index (χ2n) is 6.74. The van der Waals surface area contributed by atoms with Gasteiger partial charge in [0, 0.05) is 18.2 Å². The average Bonchev–Trinajstić information content (AvgIpc) is 3.09. The van der Waals surface area contributed by atoms with Crippen molar-refractivity contribution < 1.29 is 9.84 Å². The molecular formula is C20H24N4O2. The summed E-state index contributed by atoms with van der Waals surface area (Å²) in [5, 5.41) is 14.3. The Morgan fingerprint density at radius 2 is 1.96 bits per heavy atom. The Kier molecular flexibility index (Phi) is 5.02. The van der Waals surface area contributed by atoms with E-state index in [0.717, 1.165) is 29.9 Å². The highest BCUT2D eigenvalue weighted by atomic mass is 16.5. The molecule has 0 bridgehead atoms. The monoisotopic (exact) mass is 352 g/mol. The molecule has 1 saturated heterocycles. The second-order valence-corrected chi connectivity index (χ2v) is 6.74. The van der Waals surface area contributed by atoms with Crippen LogP contribution in [0.2, 0.25) is 0 Å². The number of likely N-dealkylation sites (tertiary alicyclic amines) is 1. The maximum atomic E-state index is 9.71. The van der Waals surface area contributed by atoms with Gasteiger partial charge in [0.2, 0.25) is 5.88 Å². The molecule has 4 rings (SSSR count). The Morgan fingerprint density at radius 3 is 2.81 bits per heavy atom. The lowest BCUT2D eigenvalue weighted by atomic mass is 10.1. The van der Waals surface area contributed by atoms with E-state index in [-0.39, 0.29) is 5.75 Å². The van der Waals surface area contributed by atoms with Crippen molar-refractivity contribution in [1.82, 2.24) is 19.5 Å². The largest absolute Gasteiger partial charge is 0.508 e. The summed E-state index contributed by atoms with van der Waals surface area (Å²) >= 11 is 0. The highest BCUT2D eigenvalue weighted by molar-refractivity contribution is 5.64. The summed E-state index contributed by atoms with van der Waals surface area (Å²) in [5.41, 5.74) is 2.45. The summed E-state index contributed by atoms with van der Waals surface area (Å²) in [6.45, 7) is 4.17. The van der Waals surface area contributed by atoms with Gasteiger partial charge in [-0.1, -0.05) is 18.6 Å². The number of piperidine rings is 1. The maximum absolute atomic E-state index is 9.71. The Morgan fingerprint density at radius 1 is 1.08 bits per heavy atom. The highest BCUT2D eigenvalue weighted by Crippen LogP contribution is 2.24. The van der Waals surface area contributed by atoms with Crippen LogP contribution < -0.4 is 4.74 Å². The summed E-state index contributed by atoms with van der Waals surface area (Å²) in [7, 11) is 0. The first-order valence-electron chi connectivity index (χ1n) is 9.29. The quantitative estimate of drug-likeness (QED) is 0.689. The molecule has 1 aliphatic rings. The van der Waals surface area contributed by atoms with Gasteiger partial charge in [0.05, 0.1) is 18.5 Å². The fraction of sp³-hybridized carbons (Fsp3) is 0.400. The first-order chi connectivity index (χ1) is 12.8. The van der Waals surface area contributed by atoms with Gasteiger partial charge in [-0.25, -0.2) is 9.50 Å². The van der Waals surface area contributed by atoms with Crippen molar-refractivity contribution in [2.45, 2.75) is 25.7 Å². The molecule has 26 heavy (non-hydrogen) atoms. The maximum Gasteiger partial charge on any atom is 0.231 e. The van der Waals surface area contributed by atoms with E-state index in [4.69, 9.17) is 4.74 Å². The fourth-order valence-electron chi connectivity index (χ4n) is 3.44.